The first-order valence-electron chi connectivity index (χ1n) is 7.11. The first-order chi connectivity index (χ1) is 10.8. The molecule has 9 heteroatoms. The van der Waals surface area contributed by atoms with E-state index in [-0.39, 0.29) is 6.61 Å². The SMILES string of the molecule is NC(=O)COCCOCCOCCOCCOCCNC=O. The molecule has 0 saturated carbocycles. The van der Waals surface area contributed by atoms with Gasteiger partial charge in [0.2, 0.25) is 12.3 Å². The van der Waals surface area contributed by atoms with Crippen molar-refractivity contribution in [2.24, 2.45) is 5.73 Å². The number of amides is 2. The Labute approximate surface area is 130 Å². The number of carbonyl (C=O) groups excluding carboxylic acids is 2. The normalized spacial score (nSPS) is 10.5. The molecule has 0 radical (unpaired) electrons. The van der Waals surface area contributed by atoms with Crippen molar-refractivity contribution < 1.29 is 33.3 Å². The lowest BCUT2D eigenvalue weighted by molar-refractivity contribution is -0.123. The molecule has 0 unspecified atom stereocenters. The minimum absolute atomic E-state index is 0.0888. The van der Waals surface area contributed by atoms with Gasteiger partial charge in [-0.2, -0.15) is 0 Å². The molecule has 3 N–H and O–H groups in total. The predicted molar refractivity (Wildman–Crippen MR) is 77.4 cm³/mol. The first kappa shape index (κ1) is 20.7. The summed E-state index contributed by atoms with van der Waals surface area (Å²) in [6.07, 6.45) is 0.634. The fourth-order valence-electron chi connectivity index (χ4n) is 1.24. The van der Waals surface area contributed by atoms with Gasteiger partial charge in [-0.15, -0.1) is 0 Å². The molecule has 0 aliphatic rings. The summed E-state index contributed by atoms with van der Waals surface area (Å²) in [5.74, 6) is -0.494. The van der Waals surface area contributed by atoms with Crippen LogP contribution < -0.4 is 11.1 Å². The Balaban J connectivity index is 2.97. The minimum Gasteiger partial charge on any atom is -0.377 e. The molecule has 0 aromatic carbocycles. The predicted octanol–water partition coefficient (Wildman–Crippen LogP) is -1.70. The van der Waals surface area contributed by atoms with Gasteiger partial charge in [-0.1, -0.05) is 0 Å². The molecule has 130 valence electrons. The van der Waals surface area contributed by atoms with Crippen LogP contribution in [0, 0.1) is 0 Å². The van der Waals surface area contributed by atoms with Gasteiger partial charge in [0.15, 0.2) is 0 Å². The minimum atomic E-state index is -0.494. The van der Waals surface area contributed by atoms with E-state index in [4.69, 9.17) is 29.4 Å². The van der Waals surface area contributed by atoms with Crippen LogP contribution in [0.2, 0.25) is 0 Å². The van der Waals surface area contributed by atoms with Gasteiger partial charge in [-0.3, -0.25) is 9.59 Å². The molecule has 0 aromatic heterocycles. The first-order valence-corrected chi connectivity index (χ1v) is 7.11. The molecule has 22 heavy (non-hydrogen) atoms. The number of rotatable bonds is 18. The highest BCUT2D eigenvalue weighted by atomic mass is 16.6. The van der Waals surface area contributed by atoms with Crippen molar-refractivity contribution >= 4 is 12.3 Å². The highest BCUT2D eigenvalue weighted by Gasteiger charge is 1.95. The fraction of sp³-hybridized carbons (Fsp3) is 0.846. The molecular weight excluding hydrogens is 296 g/mol. The molecule has 2 amide bonds. The zero-order valence-electron chi connectivity index (χ0n) is 12.8. The molecule has 0 aliphatic carbocycles. The van der Waals surface area contributed by atoms with E-state index < -0.39 is 5.91 Å². The van der Waals surface area contributed by atoms with Crippen LogP contribution in [0.25, 0.3) is 0 Å². The summed E-state index contributed by atoms with van der Waals surface area (Å²) in [4.78, 5) is 20.3. The van der Waals surface area contributed by atoms with Crippen LogP contribution >= 0.6 is 0 Å². The van der Waals surface area contributed by atoms with Crippen molar-refractivity contribution in [2.45, 2.75) is 0 Å². The lowest BCUT2D eigenvalue weighted by atomic mass is 10.6. The number of nitrogens with one attached hydrogen (secondary N) is 1. The van der Waals surface area contributed by atoms with Crippen LogP contribution in [0.1, 0.15) is 0 Å². The molecule has 9 nitrogen and oxygen atoms in total. The van der Waals surface area contributed by atoms with Crippen molar-refractivity contribution in [1.82, 2.24) is 5.32 Å². The van der Waals surface area contributed by atoms with E-state index in [9.17, 15) is 9.59 Å². The van der Waals surface area contributed by atoms with Gasteiger partial charge in [0.1, 0.15) is 6.61 Å². The van der Waals surface area contributed by atoms with Crippen molar-refractivity contribution in [3.05, 3.63) is 0 Å². The molecule has 0 heterocycles. The van der Waals surface area contributed by atoms with Crippen LogP contribution in [-0.4, -0.2) is 84.9 Å². The van der Waals surface area contributed by atoms with Crippen molar-refractivity contribution in [2.75, 3.05) is 72.6 Å². The Hall–Kier alpha value is -1.26. The number of carbonyl (C=O) groups is 2. The average Bonchev–Trinajstić information content (AvgIpc) is 2.50. The van der Waals surface area contributed by atoms with Gasteiger partial charge >= 0.3 is 0 Å². The van der Waals surface area contributed by atoms with Crippen molar-refractivity contribution in [3.8, 4) is 0 Å². The molecule has 0 fully saturated rings. The van der Waals surface area contributed by atoms with E-state index in [1.54, 1.807) is 0 Å². The quantitative estimate of drug-likeness (QED) is 0.228. The van der Waals surface area contributed by atoms with Crippen LogP contribution in [0.5, 0.6) is 0 Å². The maximum atomic E-state index is 10.4. The number of hydrogen-bond donors (Lipinski definition) is 2. The number of ether oxygens (including phenoxy) is 5. The van der Waals surface area contributed by atoms with Crippen LogP contribution in [-0.2, 0) is 33.3 Å². The van der Waals surface area contributed by atoms with Gasteiger partial charge < -0.3 is 34.7 Å². The molecule has 0 saturated heterocycles. The summed E-state index contributed by atoms with van der Waals surface area (Å²) in [5, 5.41) is 2.49. The topological polar surface area (TPSA) is 118 Å². The maximum absolute atomic E-state index is 10.4. The summed E-state index contributed by atoms with van der Waals surface area (Å²) in [6.45, 7) is 4.45. The van der Waals surface area contributed by atoms with Crippen LogP contribution in [0.3, 0.4) is 0 Å². The number of nitrogens with two attached hydrogens (primary N) is 1. The Morgan fingerprint density at radius 1 is 0.773 bits per heavy atom. The highest BCUT2D eigenvalue weighted by molar-refractivity contribution is 5.74. The summed E-state index contributed by atoms with van der Waals surface area (Å²) in [7, 11) is 0. The molecule has 0 atom stereocenters. The third kappa shape index (κ3) is 18.7. The zero-order chi connectivity index (χ0) is 16.3. The van der Waals surface area contributed by atoms with E-state index in [1.165, 1.54) is 0 Å². The fourth-order valence-corrected chi connectivity index (χ4v) is 1.24. The van der Waals surface area contributed by atoms with E-state index in [0.717, 1.165) is 0 Å². The molecule has 0 spiro atoms. The van der Waals surface area contributed by atoms with Crippen molar-refractivity contribution in [3.63, 3.8) is 0 Å². The largest absolute Gasteiger partial charge is 0.377 e. The average molecular weight is 322 g/mol. The monoisotopic (exact) mass is 322 g/mol. The lowest BCUT2D eigenvalue weighted by Crippen LogP contribution is -2.20. The summed E-state index contributed by atoms with van der Waals surface area (Å²) >= 11 is 0. The highest BCUT2D eigenvalue weighted by Crippen LogP contribution is 1.83. The molecule has 0 rings (SSSR count). The summed E-state index contributed by atoms with van der Waals surface area (Å²) < 4.78 is 25.9. The standard InChI is InChI=1S/C13H26N2O7/c14-13(17)11-22-10-9-21-8-7-20-6-5-19-4-3-18-2-1-15-12-16/h12H,1-11H2,(H2,14,17)(H,15,16). The van der Waals surface area contributed by atoms with E-state index in [2.05, 4.69) is 5.32 Å². The second-order valence-electron chi connectivity index (χ2n) is 4.04. The molecule has 0 aliphatic heterocycles. The van der Waals surface area contributed by atoms with E-state index >= 15 is 0 Å². The van der Waals surface area contributed by atoms with E-state index in [0.29, 0.717) is 72.4 Å². The third-order valence-corrected chi connectivity index (χ3v) is 2.21. The summed E-state index contributed by atoms with van der Waals surface area (Å²) in [5.41, 5.74) is 4.90. The van der Waals surface area contributed by atoms with Gasteiger partial charge in [-0.25, -0.2) is 0 Å². The second-order valence-corrected chi connectivity index (χ2v) is 4.04. The lowest BCUT2D eigenvalue weighted by Gasteiger charge is -2.07. The van der Waals surface area contributed by atoms with Gasteiger partial charge in [0.05, 0.1) is 59.5 Å². The third-order valence-electron chi connectivity index (χ3n) is 2.21. The molecule has 0 aromatic rings. The van der Waals surface area contributed by atoms with Crippen molar-refractivity contribution in [1.29, 1.82) is 0 Å². The van der Waals surface area contributed by atoms with E-state index in [1.807, 2.05) is 0 Å². The molecule has 0 bridgehead atoms. The van der Waals surface area contributed by atoms with Gasteiger partial charge in [-0.05, 0) is 0 Å². The van der Waals surface area contributed by atoms with Gasteiger partial charge in [0, 0.05) is 6.54 Å². The van der Waals surface area contributed by atoms with Crippen LogP contribution in [0.4, 0.5) is 0 Å². The van der Waals surface area contributed by atoms with Crippen LogP contribution in [0.15, 0.2) is 0 Å². The Bertz CT molecular complexity index is 267. The second kappa shape index (κ2) is 17.8. The molecular formula is C13H26N2O7. The Morgan fingerprint density at radius 3 is 1.59 bits per heavy atom. The smallest absolute Gasteiger partial charge is 0.243 e. The number of primary amides is 1. The Kier molecular flexibility index (Phi) is 16.8. The number of hydrogen-bond acceptors (Lipinski definition) is 7. The maximum Gasteiger partial charge on any atom is 0.243 e. The Morgan fingerprint density at radius 2 is 1.18 bits per heavy atom. The zero-order valence-corrected chi connectivity index (χ0v) is 12.8. The van der Waals surface area contributed by atoms with Gasteiger partial charge in [0.25, 0.3) is 0 Å². The summed E-state index contributed by atoms with van der Waals surface area (Å²) in [6, 6.07) is 0.